The maximum atomic E-state index is 11.7. The zero-order valence-corrected chi connectivity index (χ0v) is 22.0. The number of nitrogens with zero attached hydrogens (tertiary/aromatic N) is 3. The van der Waals surface area contributed by atoms with E-state index in [0.29, 0.717) is 5.75 Å². The molecule has 0 fully saturated rings. The van der Waals surface area contributed by atoms with E-state index in [1.165, 1.54) is 5.56 Å². The maximum absolute atomic E-state index is 11.7. The first kappa shape index (κ1) is 24.5. The van der Waals surface area contributed by atoms with Crippen LogP contribution in [0.3, 0.4) is 0 Å². The van der Waals surface area contributed by atoms with E-state index in [-0.39, 0.29) is 22.4 Å². The van der Waals surface area contributed by atoms with Crippen molar-refractivity contribution in [1.29, 1.82) is 0 Å². The average Bonchev–Trinajstić information content (AvgIpc) is 3.16. The van der Waals surface area contributed by atoms with Gasteiger partial charge in [0.25, 0.3) is 0 Å². The molecule has 1 N–H and O–H groups in total. The Kier molecular flexibility index (Phi) is 5.78. The summed E-state index contributed by atoms with van der Waals surface area (Å²) < 4.78 is 8.32. The molecule has 188 valence electrons. The molecule has 0 aliphatic rings. The number of carboxylic acids is 1. The topological polar surface area (TPSA) is 77.2 Å². The van der Waals surface area contributed by atoms with Crippen molar-refractivity contribution in [2.45, 2.75) is 52.4 Å². The molecule has 0 aliphatic heterocycles. The molecule has 3 heterocycles. The fourth-order valence-electron chi connectivity index (χ4n) is 4.49. The van der Waals surface area contributed by atoms with Gasteiger partial charge in [-0.3, -0.25) is 4.57 Å². The minimum atomic E-state index is -1.09. The summed E-state index contributed by atoms with van der Waals surface area (Å²) >= 11 is 0. The molecular formula is C31H31N3O3. The second-order valence-electron chi connectivity index (χ2n) is 11.4. The number of para-hydroxylation sites is 1. The SMILES string of the molecule is CC(C)(C)c1cc(Oc2ccc3c4ccccc4n(-c4cc(C(C)(C)C)ccn4)c3c2)nc(C(=O)O)c1. The van der Waals surface area contributed by atoms with E-state index in [1.54, 1.807) is 12.1 Å². The fourth-order valence-corrected chi connectivity index (χ4v) is 4.49. The first-order chi connectivity index (χ1) is 17.4. The van der Waals surface area contributed by atoms with Crippen LogP contribution in [0.4, 0.5) is 0 Å². The molecule has 2 aromatic carbocycles. The van der Waals surface area contributed by atoms with Crippen molar-refractivity contribution < 1.29 is 14.6 Å². The summed E-state index contributed by atoms with van der Waals surface area (Å²) in [6.45, 7) is 12.7. The smallest absolute Gasteiger partial charge is 0.354 e. The molecule has 0 saturated heterocycles. The first-order valence-corrected chi connectivity index (χ1v) is 12.4. The Bertz CT molecular complexity index is 1650. The second-order valence-corrected chi connectivity index (χ2v) is 11.4. The maximum Gasteiger partial charge on any atom is 0.354 e. The van der Waals surface area contributed by atoms with Gasteiger partial charge in [-0.15, -0.1) is 0 Å². The van der Waals surface area contributed by atoms with Crippen LogP contribution in [0.5, 0.6) is 11.6 Å². The van der Waals surface area contributed by atoms with Gasteiger partial charge in [0.1, 0.15) is 11.6 Å². The molecule has 6 nitrogen and oxygen atoms in total. The number of aromatic carboxylic acids is 1. The van der Waals surface area contributed by atoms with Gasteiger partial charge in [-0.1, -0.05) is 59.7 Å². The third-order valence-corrected chi connectivity index (χ3v) is 6.60. The number of carbonyl (C=O) groups is 1. The average molecular weight is 494 g/mol. The summed E-state index contributed by atoms with van der Waals surface area (Å²) in [6, 6.07) is 21.7. The zero-order chi connectivity index (χ0) is 26.5. The molecule has 5 rings (SSSR count). The summed E-state index contributed by atoms with van der Waals surface area (Å²) in [5, 5.41) is 11.8. The molecule has 0 bridgehead atoms. The highest BCUT2D eigenvalue weighted by molar-refractivity contribution is 6.09. The lowest BCUT2D eigenvalue weighted by Gasteiger charge is -2.20. The van der Waals surface area contributed by atoms with Crippen molar-refractivity contribution in [2.75, 3.05) is 0 Å². The highest BCUT2D eigenvalue weighted by atomic mass is 16.5. The number of carboxylic acid groups (broad SMARTS) is 1. The number of fused-ring (bicyclic) bond motifs is 3. The lowest BCUT2D eigenvalue weighted by molar-refractivity contribution is 0.0689. The molecule has 0 saturated carbocycles. The molecule has 0 aliphatic carbocycles. The van der Waals surface area contributed by atoms with Crippen LogP contribution in [-0.2, 0) is 10.8 Å². The molecule has 0 spiro atoms. The van der Waals surface area contributed by atoms with E-state index in [2.05, 4.69) is 54.6 Å². The minimum absolute atomic E-state index is 0.0175. The summed E-state index contributed by atoms with van der Waals surface area (Å²) in [7, 11) is 0. The molecule has 0 unspecified atom stereocenters. The van der Waals surface area contributed by atoms with Gasteiger partial charge in [-0.05, 0) is 58.4 Å². The van der Waals surface area contributed by atoms with Crippen LogP contribution >= 0.6 is 0 Å². The zero-order valence-electron chi connectivity index (χ0n) is 22.0. The first-order valence-electron chi connectivity index (χ1n) is 12.4. The van der Waals surface area contributed by atoms with Crippen molar-refractivity contribution in [3.05, 3.63) is 89.7 Å². The van der Waals surface area contributed by atoms with E-state index in [1.807, 2.05) is 57.3 Å². The van der Waals surface area contributed by atoms with Gasteiger partial charge in [0, 0.05) is 29.1 Å². The molecule has 6 heteroatoms. The van der Waals surface area contributed by atoms with E-state index in [9.17, 15) is 9.90 Å². The van der Waals surface area contributed by atoms with Gasteiger partial charge in [0.2, 0.25) is 5.88 Å². The van der Waals surface area contributed by atoms with Crippen molar-refractivity contribution in [1.82, 2.24) is 14.5 Å². The van der Waals surface area contributed by atoms with E-state index >= 15 is 0 Å². The Morgan fingerprint density at radius 3 is 2.22 bits per heavy atom. The standard InChI is InChI=1S/C31H31N3O3/c1-30(2,3)19-13-14-32-27(16-19)34-25-10-8-7-9-22(25)23-12-11-21(18-26(23)34)37-28-17-20(31(4,5)6)15-24(33-28)29(35)36/h7-18H,1-6H3,(H,35,36). The Morgan fingerprint density at radius 2 is 1.51 bits per heavy atom. The van der Waals surface area contributed by atoms with E-state index < -0.39 is 5.97 Å². The Balaban J connectivity index is 1.68. The van der Waals surface area contributed by atoms with Gasteiger partial charge in [-0.2, -0.15) is 0 Å². The third-order valence-electron chi connectivity index (χ3n) is 6.60. The highest BCUT2D eigenvalue weighted by Gasteiger charge is 2.21. The van der Waals surface area contributed by atoms with Gasteiger partial charge >= 0.3 is 5.97 Å². The highest BCUT2D eigenvalue weighted by Crippen LogP contribution is 2.36. The Hall–Kier alpha value is -4.19. The van der Waals surface area contributed by atoms with Crippen LogP contribution in [0.2, 0.25) is 0 Å². The third kappa shape index (κ3) is 4.67. The predicted octanol–water partition coefficient (Wildman–Crippen LogP) is 7.66. The molecular weight excluding hydrogens is 462 g/mol. The minimum Gasteiger partial charge on any atom is -0.477 e. The van der Waals surface area contributed by atoms with Crippen LogP contribution in [-0.4, -0.2) is 25.6 Å². The molecule has 3 aromatic heterocycles. The van der Waals surface area contributed by atoms with Crippen LogP contribution in [0.15, 0.2) is 72.9 Å². The summed E-state index contributed by atoms with van der Waals surface area (Å²) in [6.07, 6.45) is 1.85. The number of benzene rings is 2. The largest absolute Gasteiger partial charge is 0.477 e. The van der Waals surface area contributed by atoms with Crippen LogP contribution in [0.25, 0.3) is 27.6 Å². The summed E-state index contributed by atoms with van der Waals surface area (Å²) in [4.78, 5) is 20.7. The fraction of sp³-hybridized carbons (Fsp3) is 0.258. The van der Waals surface area contributed by atoms with Crippen molar-refractivity contribution in [2.24, 2.45) is 0 Å². The van der Waals surface area contributed by atoms with Gasteiger partial charge < -0.3 is 9.84 Å². The molecule has 0 amide bonds. The number of aromatic nitrogens is 3. The van der Waals surface area contributed by atoms with Crippen LogP contribution < -0.4 is 4.74 Å². The van der Waals surface area contributed by atoms with Crippen LogP contribution in [0, 0.1) is 0 Å². The van der Waals surface area contributed by atoms with Gasteiger partial charge in [0.15, 0.2) is 5.69 Å². The summed E-state index contributed by atoms with van der Waals surface area (Å²) in [5.74, 6) is 0.561. The molecule has 0 radical (unpaired) electrons. The Morgan fingerprint density at radius 1 is 0.811 bits per heavy atom. The summed E-state index contributed by atoms with van der Waals surface area (Å²) in [5.41, 5.74) is 3.72. The van der Waals surface area contributed by atoms with E-state index in [4.69, 9.17) is 9.72 Å². The molecule has 37 heavy (non-hydrogen) atoms. The lowest BCUT2D eigenvalue weighted by atomic mass is 9.87. The number of rotatable bonds is 4. The van der Waals surface area contributed by atoms with Gasteiger partial charge in [-0.25, -0.2) is 14.8 Å². The molecule has 5 aromatic rings. The van der Waals surface area contributed by atoms with Gasteiger partial charge in [0.05, 0.1) is 11.0 Å². The number of hydrogen-bond acceptors (Lipinski definition) is 4. The van der Waals surface area contributed by atoms with Crippen molar-refractivity contribution >= 4 is 27.8 Å². The number of ether oxygens (including phenoxy) is 1. The number of pyridine rings is 2. The second kappa shape index (κ2) is 8.73. The number of hydrogen-bond donors (Lipinski definition) is 1. The normalized spacial score (nSPS) is 12.3. The van der Waals surface area contributed by atoms with Crippen molar-refractivity contribution in [3.8, 4) is 17.4 Å². The predicted molar refractivity (Wildman–Crippen MR) is 147 cm³/mol. The van der Waals surface area contributed by atoms with Crippen molar-refractivity contribution in [3.63, 3.8) is 0 Å². The van der Waals surface area contributed by atoms with Crippen LogP contribution in [0.1, 0.15) is 63.2 Å². The lowest BCUT2D eigenvalue weighted by Crippen LogP contribution is -2.14. The quantitative estimate of drug-likeness (QED) is 0.278. The monoisotopic (exact) mass is 493 g/mol. The molecule has 0 atom stereocenters. The Labute approximate surface area is 216 Å². The van der Waals surface area contributed by atoms with E-state index in [0.717, 1.165) is 33.2 Å².